The molecule has 2 saturated carbocycles. The lowest BCUT2D eigenvalue weighted by Crippen LogP contribution is -2.22. The van der Waals surface area contributed by atoms with Crippen LogP contribution >= 0.6 is 0 Å². The summed E-state index contributed by atoms with van der Waals surface area (Å²) in [6.45, 7) is 4.11. The number of rotatable bonds is 6. The molecule has 2 fully saturated rings. The number of esters is 2. The third kappa shape index (κ3) is 2.99. The number of benzene rings is 1. The molecule has 1 unspecified atom stereocenters. The summed E-state index contributed by atoms with van der Waals surface area (Å²) in [6, 6.07) is 6.36. The van der Waals surface area contributed by atoms with E-state index in [1.54, 1.807) is 26.0 Å². The molecule has 1 aromatic rings. The van der Waals surface area contributed by atoms with Crippen LogP contribution in [0.25, 0.3) is 6.08 Å². The van der Waals surface area contributed by atoms with Gasteiger partial charge in [-0.2, -0.15) is 0 Å². The lowest BCUT2D eigenvalue weighted by molar-refractivity contribution is -0.142. The van der Waals surface area contributed by atoms with Gasteiger partial charge in [-0.1, -0.05) is 24.3 Å². The van der Waals surface area contributed by atoms with Crippen LogP contribution in [0.4, 0.5) is 4.39 Å². The van der Waals surface area contributed by atoms with Crippen molar-refractivity contribution >= 4 is 18.0 Å². The fourth-order valence-corrected chi connectivity index (χ4v) is 5.06. The Balaban J connectivity index is 1.55. The molecule has 5 heteroatoms. The van der Waals surface area contributed by atoms with Gasteiger partial charge in [0.05, 0.1) is 24.4 Å². The maximum absolute atomic E-state index is 13.0. The van der Waals surface area contributed by atoms with Gasteiger partial charge in [-0.15, -0.1) is 0 Å². The second kappa shape index (κ2) is 6.95. The molecule has 27 heavy (non-hydrogen) atoms. The summed E-state index contributed by atoms with van der Waals surface area (Å²) in [5.74, 6) is 0.224. The highest BCUT2D eigenvalue weighted by molar-refractivity contribution is 6.03. The molecular formula is C22H23FO4. The smallest absolute Gasteiger partial charge is 0.334 e. The van der Waals surface area contributed by atoms with Crippen molar-refractivity contribution in [1.82, 2.24) is 0 Å². The number of hydrogen-bond acceptors (Lipinski definition) is 4. The maximum Gasteiger partial charge on any atom is 0.334 e. The van der Waals surface area contributed by atoms with Gasteiger partial charge in [0.15, 0.2) is 0 Å². The minimum atomic E-state index is -0.375. The van der Waals surface area contributed by atoms with Crippen LogP contribution in [-0.2, 0) is 19.1 Å². The Morgan fingerprint density at radius 1 is 1.00 bits per heavy atom. The van der Waals surface area contributed by atoms with E-state index in [4.69, 9.17) is 9.47 Å². The fraction of sp³-hybridized carbons (Fsp3) is 0.455. The van der Waals surface area contributed by atoms with Crippen LogP contribution in [-0.4, -0.2) is 25.2 Å². The molecule has 1 aromatic carbocycles. The van der Waals surface area contributed by atoms with Crippen LogP contribution in [0.1, 0.15) is 25.8 Å². The molecule has 0 amide bonds. The molecule has 2 bridgehead atoms. The Hall–Kier alpha value is -2.43. The number of allylic oxidation sites excluding steroid dienone is 1. The molecule has 0 radical (unpaired) electrons. The summed E-state index contributed by atoms with van der Waals surface area (Å²) in [7, 11) is 0. The Morgan fingerprint density at radius 2 is 1.52 bits per heavy atom. The topological polar surface area (TPSA) is 52.6 Å². The Labute approximate surface area is 158 Å². The third-order valence-electron chi connectivity index (χ3n) is 6.03. The molecule has 4 rings (SSSR count). The third-order valence-corrected chi connectivity index (χ3v) is 6.03. The zero-order chi connectivity index (χ0) is 19.1. The van der Waals surface area contributed by atoms with E-state index in [9.17, 15) is 14.0 Å². The summed E-state index contributed by atoms with van der Waals surface area (Å²) < 4.78 is 23.5. The van der Waals surface area contributed by atoms with Crippen molar-refractivity contribution in [2.75, 3.05) is 13.2 Å². The molecule has 0 aromatic heterocycles. The van der Waals surface area contributed by atoms with Crippen LogP contribution < -0.4 is 0 Å². The predicted molar refractivity (Wildman–Crippen MR) is 97.8 cm³/mol. The van der Waals surface area contributed by atoms with Crippen molar-refractivity contribution in [2.24, 2.45) is 29.6 Å². The first kappa shape index (κ1) is 18.0. The number of hydrogen-bond donors (Lipinski definition) is 0. The number of carbonyl (C=O) groups is 2. The average Bonchev–Trinajstić information content (AvgIpc) is 3.07. The lowest BCUT2D eigenvalue weighted by atomic mass is 9.92. The molecule has 0 heterocycles. The van der Waals surface area contributed by atoms with Gasteiger partial charge < -0.3 is 9.47 Å². The summed E-state index contributed by atoms with van der Waals surface area (Å²) in [6.07, 6.45) is 4.97. The zero-order valence-corrected chi connectivity index (χ0v) is 15.5. The van der Waals surface area contributed by atoms with Crippen molar-refractivity contribution < 1.29 is 23.5 Å². The molecule has 142 valence electrons. The molecule has 3 aliphatic rings. The first-order valence-corrected chi connectivity index (χ1v) is 9.58. The van der Waals surface area contributed by atoms with Crippen molar-refractivity contribution in [3.63, 3.8) is 0 Å². The van der Waals surface area contributed by atoms with E-state index in [1.165, 1.54) is 12.1 Å². The van der Waals surface area contributed by atoms with Crippen molar-refractivity contribution in [3.05, 3.63) is 52.9 Å². The first-order valence-electron chi connectivity index (χ1n) is 9.58. The standard InChI is InChI=1S/C22H23FO4/c1-3-26-21(24)19-15-11-16(20(19)22(25)27-4-2)18-14(17(15)18)10-7-12-5-8-13(23)9-6-12/h5-10,14-18H,3-4,11H2,1-2H3/b10-7+/t14?,15-,16+,17+,18-. The van der Waals surface area contributed by atoms with Gasteiger partial charge in [0.2, 0.25) is 0 Å². The van der Waals surface area contributed by atoms with Gasteiger partial charge in [0, 0.05) is 0 Å². The van der Waals surface area contributed by atoms with Crippen molar-refractivity contribution in [1.29, 1.82) is 0 Å². The molecule has 5 atom stereocenters. The fourth-order valence-electron chi connectivity index (χ4n) is 5.06. The number of carbonyl (C=O) groups excluding carboxylic acids is 2. The van der Waals surface area contributed by atoms with E-state index in [0.29, 0.717) is 28.9 Å². The molecule has 0 spiro atoms. The van der Waals surface area contributed by atoms with E-state index < -0.39 is 0 Å². The largest absolute Gasteiger partial charge is 0.463 e. The number of ether oxygens (including phenoxy) is 2. The monoisotopic (exact) mass is 370 g/mol. The van der Waals surface area contributed by atoms with Crippen LogP contribution in [0.2, 0.25) is 0 Å². The van der Waals surface area contributed by atoms with Crippen molar-refractivity contribution in [3.8, 4) is 0 Å². The van der Waals surface area contributed by atoms with Gasteiger partial charge in [0.1, 0.15) is 5.82 Å². The normalized spacial score (nSPS) is 30.6. The first-order chi connectivity index (χ1) is 13.1. The zero-order valence-electron chi connectivity index (χ0n) is 15.5. The summed E-state index contributed by atoms with van der Waals surface area (Å²) in [4.78, 5) is 25.0. The second-order valence-corrected chi connectivity index (χ2v) is 7.36. The average molecular weight is 370 g/mol. The van der Waals surface area contributed by atoms with Crippen LogP contribution in [0, 0.1) is 35.4 Å². The molecular weight excluding hydrogens is 347 g/mol. The second-order valence-electron chi connectivity index (χ2n) is 7.36. The van der Waals surface area contributed by atoms with E-state index in [1.807, 2.05) is 6.08 Å². The van der Waals surface area contributed by atoms with Crippen LogP contribution in [0.3, 0.4) is 0 Å². The number of halogens is 1. The Morgan fingerprint density at radius 3 is 2.00 bits per heavy atom. The molecule has 3 aliphatic carbocycles. The van der Waals surface area contributed by atoms with E-state index in [2.05, 4.69) is 6.08 Å². The highest BCUT2D eigenvalue weighted by Crippen LogP contribution is 2.71. The van der Waals surface area contributed by atoms with Crippen molar-refractivity contribution in [2.45, 2.75) is 20.3 Å². The van der Waals surface area contributed by atoms with E-state index in [0.717, 1.165) is 12.0 Å². The minimum absolute atomic E-state index is 0.0707. The van der Waals surface area contributed by atoms with Gasteiger partial charge in [-0.25, -0.2) is 14.0 Å². The van der Waals surface area contributed by atoms with Gasteiger partial charge in [0.25, 0.3) is 0 Å². The Kier molecular flexibility index (Phi) is 4.62. The van der Waals surface area contributed by atoms with Crippen LogP contribution in [0.5, 0.6) is 0 Å². The predicted octanol–water partition coefficient (Wildman–Crippen LogP) is 3.77. The lowest BCUT2D eigenvalue weighted by Gasteiger charge is -2.16. The quantitative estimate of drug-likeness (QED) is 0.715. The highest BCUT2D eigenvalue weighted by Gasteiger charge is 2.68. The summed E-state index contributed by atoms with van der Waals surface area (Å²) in [5.41, 5.74) is 2.02. The number of fused-ring (bicyclic) bond motifs is 5. The van der Waals surface area contributed by atoms with Gasteiger partial charge in [-0.05, 0) is 67.6 Å². The van der Waals surface area contributed by atoms with Gasteiger partial charge in [-0.3, -0.25) is 0 Å². The maximum atomic E-state index is 13.0. The summed E-state index contributed by atoms with van der Waals surface area (Å²) >= 11 is 0. The Bertz CT molecular complexity index is 783. The summed E-state index contributed by atoms with van der Waals surface area (Å²) in [5, 5.41) is 0. The van der Waals surface area contributed by atoms with E-state index in [-0.39, 0.29) is 42.8 Å². The van der Waals surface area contributed by atoms with Crippen LogP contribution in [0.15, 0.2) is 41.5 Å². The van der Waals surface area contributed by atoms with Gasteiger partial charge >= 0.3 is 11.9 Å². The molecule has 4 nitrogen and oxygen atoms in total. The SMILES string of the molecule is CCOC(=O)C1=C(C(=O)OCC)[C@@H]2C[C@H]1[C@H]1C(/C=C/c3ccc(F)cc3)[C@H]12. The molecule has 0 N–H and O–H groups in total. The van der Waals surface area contributed by atoms with E-state index >= 15 is 0 Å². The highest BCUT2D eigenvalue weighted by atomic mass is 19.1. The molecule has 0 aliphatic heterocycles. The molecule has 0 saturated heterocycles. The minimum Gasteiger partial charge on any atom is -0.463 e.